The van der Waals surface area contributed by atoms with E-state index in [0.29, 0.717) is 16.6 Å². The number of benzene rings is 1. The molecule has 3 aromatic rings. The number of carbonyl (C=O) groups excluding carboxylic acids is 1. The number of pyridine rings is 2. The van der Waals surface area contributed by atoms with Gasteiger partial charge in [0.1, 0.15) is 5.69 Å². The quantitative estimate of drug-likeness (QED) is 0.804. The lowest BCUT2D eigenvalue weighted by Crippen LogP contribution is -2.24. The third-order valence-electron chi connectivity index (χ3n) is 3.39. The minimum absolute atomic E-state index is 0.0502. The number of halogens is 1. The van der Waals surface area contributed by atoms with Gasteiger partial charge in [0.2, 0.25) is 0 Å². The molecule has 0 spiro atoms. The number of methoxy groups -OCH3 is 1. The summed E-state index contributed by atoms with van der Waals surface area (Å²) >= 11 is 0. The second kappa shape index (κ2) is 6.39. The molecule has 0 aliphatic carbocycles. The lowest BCUT2D eigenvalue weighted by atomic mass is 10.2. The lowest BCUT2D eigenvalue weighted by molar-refractivity contribution is 0.0946. The summed E-state index contributed by atoms with van der Waals surface area (Å²) in [6, 6.07) is 11.6. The van der Waals surface area contributed by atoms with E-state index in [2.05, 4.69) is 15.3 Å². The van der Waals surface area contributed by atoms with Gasteiger partial charge in [-0.3, -0.25) is 9.78 Å². The largest absolute Gasteiger partial charge is 0.494 e. The second-order valence-corrected chi connectivity index (χ2v) is 4.85. The molecule has 0 bridgehead atoms. The molecule has 116 valence electrons. The minimum Gasteiger partial charge on any atom is -0.494 e. The highest BCUT2D eigenvalue weighted by molar-refractivity contribution is 5.94. The van der Waals surface area contributed by atoms with Crippen LogP contribution in [0.4, 0.5) is 4.39 Å². The molecule has 0 saturated carbocycles. The smallest absolute Gasteiger partial charge is 0.270 e. The number of nitrogens with one attached hydrogen (secondary N) is 1. The maximum atomic E-state index is 14.0. The Kier molecular flexibility index (Phi) is 4.14. The number of nitrogens with zero attached hydrogens (tertiary/aromatic N) is 2. The zero-order valence-corrected chi connectivity index (χ0v) is 12.4. The summed E-state index contributed by atoms with van der Waals surface area (Å²) in [5, 5.41) is 2.65. The van der Waals surface area contributed by atoms with Crippen LogP contribution in [0.1, 0.15) is 16.1 Å². The maximum absolute atomic E-state index is 14.0. The van der Waals surface area contributed by atoms with Crippen LogP contribution in [0.2, 0.25) is 0 Å². The predicted molar refractivity (Wildman–Crippen MR) is 83.7 cm³/mol. The number of ether oxygens (including phenoxy) is 1. The van der Waals surface area contributed by atoms with Crippen LogP contribution in [0.15, 0.2) is 48.7 Å². The number of aromatic nitrogens is 2. The fourth-order valence-electron chi connectivity index (χ4n) is 2.20. The SMILES string of the molecule is COc1cccc(CNC(=O)c2ccc3ncccc3n2)c1F. The topological polar surface area (TPSA) is 64.1 Å². The zero-order chi connectivity index (χ0) is 16.2. The van der Waals surface area contributed by atoms with Crippen molar-refractivity contribution in [3.8, 4) is 5.75 Å². The van der Waals surface area contributed by atoms with E-state index in [1.165, 1.54) is 13.2 Å². The normalized spacial score (nSPS) is 10.5. The molecule has 2 heterocycles. The Morgan fingerprint density at radius 1 is 1.17 bits per heavy atom. The van der Waals surface area contributed by atoms with Crippen LogP contribution in [0.25, 0.3) is 11.0 Å². The van der Waals surface area contributed by atoms with Crippen molar-refractivity contribution in [2.75, 3.05) is 7.11 Å². The number of rotatable bonds is 4. The molecule has 5 nitrogen and oxygen atoms in total. The number of carbonyl (C=O) groups is 1. The predicted octanol–water partition coefficient (Wildman–Crippen LogP) is 2.71. The Balaban J connectivity index is 1.76. The molecule has 23 heavy (non-hydrogen) atoms. The van der Waals surface area contributed by atoms with E-state index in [4.69, 9.17) is 4.74 Å². The standard InChI is InChI=1S/C17H14FN3O2/c1-23-15-6-2-4-11(16(15)18)10-20-17(22)14-8-7-12-13(21-14)5-3-9-19-12/h2-9H,10H2,1H3,(H,20,22). The highest BCUT2D eigenvalue weighted by Crippen LogP contribution is 2.19. The first-order chi connectivity index (χ1) is 11.2. The van der Waals surface area contributed by atoms with Gasteiger partial charge >= 0.3 is 0 Å². The highest BCUT2D eigenvalue weighted by Gasteiger charge is 2.12. The van der Waals surface area contributed by atoms with Gasteiger partial charge in [0.15, 0.2) is 11.6 Å². The average Bonchev–Trinajstić information content (AvgIpc) is 2.60. The summed E-state index contributed by atoms with van der Waals surface area (Å²) in [7, 11) is 1.40. The summed E-state index contributed by atoms with van der Waals surface area (Å²) in [6.45, 7) is 0.0502. The average molecular weight is 311 g/mol. The fraction of sp³-hybridized carbons (Fsp3) is 0.118. The molecule has 1 aromatic carbocycles. The minimum atomic E-state index is -0.481. The van der Waals surface area contributed by atoms with Gasteiger partial charge in [-0.1, -0.05) is 12.1 Å². The van der Waals surface area contributed by atoms with Crippen molar-refractivity contribution >= 4 is 16.9 Å². The third-order valence-corrected chi connectivity index (χ3v) is 3.39. The van der Waals surface area contributed by atoms with E-state index in [1.54, 1.807) is 42.6 Å². The van der Waals surface area contributed by atoms with Gasteiger partial charge in [-0.15, -0.1) is 0 Å². The molecule has 0 radical (unpaired) electrons. The zero-order valence-electron chi connectivity index (χ0n) is 12.4. The molecule has 1 N–H and O–H groups in total. The van der Waals surface area contributed by atoms with Gasteiger partial charge in [-0.05, 0) is 30.3 Å². The van der Waals surface area contributed by atoms with Crippen molar-refractivity contribution < 1.29 is 13.9 Å². The molecule has 0 aliphatic rings. The van der Waals surface area contributed by atoms with Gasteiger partial charge in [-0.2, -0.15) is 0 Å². The molecular formula is C17H14FN3O2. The van der Waals surface area contributed by atoms with E-state index in [9.17, 15) is 9.18 Å². The van der Waals surface area contributed by atoms with Gasteiger partial charge in [-0.25, -0.2) is 9.37 Å². The number of fused-ring (bicyclic) bond motifs is 1. The Morgan fingerprint density at radius 2 is 2.04 bits per heavy atom. The van der Waals surface area contributed by atoms with Crippen molar-refractivity contribution in [2.45, 2.75) is 6.54 Å². The van der Waals surface area contributed by atoms with Crippen molar-refractivity contribution in [3.05, 3.63) is 65.7 Å². The lowest BCUT2D eigenvalue weighted by Gasteiger charge is -2.09. The summed E-state index contributed by atoms with van der Waals surface area (Å²) in [5.74, 6) is -0.712. The summed E-state index contributed by atoms with van der Waals surface area (Å²) in [6.07, 6.45) is 1.66. The van der Waals surface area contributed by atoms with Crippen LogP contribution in [0, 0.1) is 5.82 Å². The van der Waals surface area contributed by atoms with E-state index in [1.807, 2.05) is 0 Å². The van der Waals surface area contributed by atoms with Crippen LogP contribution in [-0.2, 0) is 6.54 Å². The maximum Gasteiger partial charge on any atom is 0.270 e. The number of hydrogen-bond acceptors (Lipinski definition) is 4. The van der Waals surface area contributed by atoms with Gasteiger partial charge in [0, 0.05) is 18.3 Å². The summed E-state index contributed by atoms with van der Waals surface area (Å²) < 4.78 is 19.0. The van der Waals surface area contributed by atoms with E-state index in [-0.39, 0.29) is 23.9 Å². The van der Waals surface area contributed by atoms with Gasteiger partial charge in [0.25, 0.3) is 5.91 Å². The molecule has 2 aromatic heterocycles. The Morgan fingerprint density at radius 3 is 2.87 bits per heavy atom. The summed E-state index contributed by atoms with van der Waals surface area (Å²) in [4.78, 5) is 20.6. The van der Waals surface area contributed by atoms with E-state index in [0.717, 1.165) is 0 Å². The van der Waals surface area contributed by atoms with Crippen LogP contribution < -0.4 is 10.1 Å². The molecule has 0 aliphatic heterocycles. The fourth-order valence-corrected chi connectivity index (χ4v) is 2.20. The van der Waals surface area contributed by atoms with Crippen LogP contribution in [0.3, 0.4) is 0 Å². The Bertz CT molecular complexity index is 867. The van der Waals surface area contributed by atoms with Crippen LogP contribution >= 0.6 is 0 Å². The molecule has 0 saturated heterocycles. The molecule has 0 fully saturated rings. The molecule has 1 amide bonds. The Labute approximate surface area is 132 Å². The molecular weight excluding hydrogens is 297 g/mol. The number of hydrogen-bond donors (Lipinski definition) is 1. The van der Waals surface area contributed by atoms with Crippen molar-refractivity contribution in [1.29, 1.82) is 0 Å². The van der Waals surface area contributed by atoms with Crippen LogP contribution in [-0.4, -0.2) is 23.0 Å². The Hall–Kier alpha value is -3.02. The molecule has 0 unspecified atom stereocenters. The number of amides is 1. The highest BCUT2D eigenvalue weighted by atomic mass is 19.1. The molecule has 3 rings (SSSR count). The first-order valence-electron chi connectivity index (χ1n) is 7.00. The van der Waals surface area contributed by atoms with Crippen molar-refractivity contribution in [3.63, 3.8) is 0 Å². The van der Waals surface area contributed by atoms with Crippen LogP contribution in [0.5, 0.6) is 5.75 Å². The van der Waals surface area contributed by atoms with E-state index < -0.39 is 5.82 Å². The third kappa shape index (κ3) is 3.11. The molecule has 6 heteroatoms. The van der Waals surface area contributed by atoms with Gasteiger partial charge < -0.3 is 10.1 Å². The monoisotopic (exact) mass is 311 g/mol. The first-order valence-corrected chi connectivity index (χ1v) is 7.00. The van der Waals surface area contributed by atoms with Gasteiger partial charge in [0.05, 0.1) is 18.1 Å². The second-order valence-electron chi connectivity index (χ2n) is 4.85. The first kappa shape index (κ1) is 14.9. The molecule has 0 atom stereocenters. The van der Waals surface area contributed by atoms with Crippen molar-refractivity contribution in [1.82, 2.24) is 15.3 Å². The van der Waals surface area contributed by atoms with Crippen molar-refractivity contribution in [2.24, 2.45) is 0 Å². The van der Waals surface area contributed by atoms with E-state index >= 15 is 0 Å². The summed E-state index contributed by atoms with van der Waals surface area (Å²) in [5.41, 5.74) is 1.95.